The maximum absolute atomic E-state index is 11.2. The molecular weight excluding hydrogens is 156 g/mol. The zero-order chi connectivity index (χ0) is 9.56. The van der Waals surface area contributed by atoms with Crippen LogP contribution < -0.4 is 0 Å². The molecule has 0 bridgehead atoms. The van der Waals surface area contributed by atoms with Crippen LogP contribution in [0.5, 0.6) is 0 Å². The third-order valence-electron chi connectivity index (χ3n) is 1.52. The summed E-state index contributed by atoms with van der Waals surface area (Å²) in [5, 5.41) is 0. The minimum Gasteiger partial charge on any atom is -0.464 e. The first-order chi connectivity index (χ1) is 5.61. The quantitative estimate of drug-likeness (QED) is 0.594. The van der Waals surface area contributed by atoms with Crippen molar-refractivity contribution in [2.45, 2.75) is 33.3 Å². The first-order valence-corrected chi connectivity index (χ1v) is 4.31. The molecule has 0 N–H and O–H groups in total. The van der Waals surface area contributed by atoms with Crippen LogP contribution in [0.4, 0.5) is 0 Å². The van der Waals surface area contributed by atoms with E-state index in [1.165, 1.54) is 7.11 Å². The topological polar surface area (TPSA) is 35.5 Å². The molecule has 72 valence electrons. The molecule has 3 heteroatoms. The number of esters is 1. The third-order valence-corrected chi connectivity index (χ3v) is 1.52. The molecule has 0 aromatic heterocycles. The summed E-state index contributed by atoms with van der Waals surface area (Å²) >= 11 is 0. The number of rotatable bonds is 5. The molecule has 0 rings (SSSR count). The van der Waals surface area contributed by atoms with E-state index in [-0.39, 0.29) is 5.97 Å². The molecule has 1 unspecified atom stereocenters. The monoisotopic (exact) mass is 174 g/mol. The normalized spacial score (nSPS) is 13.1. The van der Waals surface area contributed by atoms with E-state index < -0.39 is 6.10 Å². The van der Waals surface area contributed by atoms with Gasteiger partial charge in [0.15, 0.2) is 6.10 Å². The van der Waals surface area contributed by atoms with Gasteiger partial charge in [-0.15, -0.1) is 0 Å². The molecule has 0 aliphatic carbocycles. The second kappa shape index (κ2) is 6.00. The van der Waals surface area contributed by atoms with Gasteiger partial charge in [-0.3, -0.25) is 0 Å². The Morgan fingerprint density at radius 2 is 2.00 bits per heavy atom. The molecule has 0 aromatic carbocycles. The predicted molar refractivity (Wildman–Crippen MR) is 46.9 cm³/mol. The number of ether oxygens (including phenoxy) is 2. The van der Waals surface area contributed by atoms with E-state index >= 15 is 0 Å². The molecular formula is C9H18O3. The SMILES string of the molecule is CCOC(=O)C(CC(C)C)OC. The molecule has 0 saturated heterocycles. The maximum Gasteiger partial charge on any atom is 0.335 e. The van der Waals surface area contributed by atoms with Gasteiger partial charge in [-0.25, -0.2) is 4.79 Å². The number of hydrogen-bond donors (Lipinski definition) is 0. The summed E-state index contributed by atoms with van der Waals surface area (Å²) in [4.78, 5) is 11.2. The standard InChI is InChI=1S/C9H18O3/c1-5-12-9(10)8(11-4)6-7(2)3/h7-8H,5-6H2,1-4H3. The highest BCUT2D eigenvalue weighted by Crippen LogP contribution is 2.08. The molecule has 0 fully saturated rings. The first kappa shape index (κ1) is 11.4. The summed E-state index contributed by atoms with van der Waals surface area (Å²) in [6.07, 6.45) is 0.319. The van der Waals surface area contributed by atoms with Crippen LogP contribution in [-0.2, 0) is 14.3 Å². The Balaban J connectivity index is 3.87. The van der Waals surface area contributed by atoms with Crippen LogP contribution in [0, 0.1) is 5.92 Å². The van der Waals surface area contributed by atoms with Crippen LogP contribution >= 0.6 is 0 Å². The van der Waals surface area contributed by atoms with Gasteiger partial charge in [0, 0.05) is 7.11 Å². The fraction of sp³-hybridized carbons (Fsp3) is 0.889. The van der Waals surface area contributed by atoms with Gasteiger partial charge in [0.05, 0.1) is 6.61 Å². The van der Waals surface area contributed by atoms with Gasteiger partial charge in [0.2, 0.25) is 0 Å². The van der Waals surface area contributed by atoms with Crippen LogP contribution in [0.15, 0.2) is 0 Å². The molecule has 0 heterocycles. The number of carbonyl (C=O) groups excluding carboxylic acids is 1. The average molecular weight is 174 g/mol. The van der Waals surface area contributed by atoms with Crippen molar-refractivity contribution in [3.05, 3.63) is 0 Å². The summed E-state index contributed by atoms with van der Waals surface area (Å²) in [7, 11) is 1.53. The van der Waals surface area contributed by atoms with Crippen molar-refractivity contribution in [3.8, 4) is 0 Å². The minimum atomic E-state index is -0.398. The Labute approximate surface area is 74.0 Å². The van der Waals surface area contributed by atoms with Crippen LogP contribution in [0.2, 0.25) is 0 Å². The van der Waals surface area contributed by atoms with Crippen molar-refractivity contribution < 1.29 is 14.3 Å². The molecule has 12 heavy (non-hydrogen) atoms. The third kappa shape index (κ3) is 4.34. The van der Waals surface area contributed by atoms with E-state index in [1.807, 2.05) is 13.8 Å². The Morgan fingerprint density at radius 1 is 1.42 bits per heavy atom. The van der Waals surface area contributed by atoms with Crippen molar-refractivity contribution >= 4 is 5.97 Å². The fourth-order valence-electron chi connectivity index (χ4n) is 0.952. The summed E-state index contributed by atoms with van der Waals surface area (Å²) in [5.74, 6) is 0.188. The van der Waals surface area contributed by atoms with Crippen LogP contribution in [0.1, 0.15) is 27.2 Å². The van der Waals surface area contributed by atoms with E-state index in [0.717, 1.165) is 6.42 Å². The van der Waals surface area contributed by atoms with E-state index in [1.54, 1.807) is 6.92 Å². The molecule has 0 radical (unpaired) electrons. The van der Waals surface area contributed by atoms with Crippen molar-refractivity contribution in [1.82, 2.24) is 0 Å². The molecule has 0 aromatic rings. The van der Waals surface area contributed by atoms with E-state index in [9.17, 15) is 4.79 Å². The van der Waals surface area contributed by atoms with Crippen LogP contribution in [-0.4, -0.2) is 25.8 Å². The van der Waals surface area contributed by atoms with Crippen molar-refractivity contribution in [3.63, 3.8) is 0 Å². The van der Waals surface area contributed by atoms with Crippen LogP contribution in [0.3, 0.4) is 0 Å². The van der Waals surface area contributed by atoms with Gasteiger partial charge in [0.25, 0.3) is 0 Å². The highest BCUT2D eigenvalue weighted by Gasteiger charge is 2.19. The highest BCUT2D eigenvalue weighted by molar-refractivity contribution is 5.74. The Bertz CT molecular complexity index is 132. The zero-order valence-electron chi connectivity index (χ0n) is 8.29. The summed E-state index contributed by atoms with van der Waals surface area (Å²) < 4.78 is 9.83. The Kier molecular flexibility index (Phi) is 5.72. The molecule has 0 spiro atoms. The average Bonchev–Trinajstić information content (AvgIpc) is 2.00. The largest absolute Gasteiger partial charge is 0.464 e. The summed E-state index contributed by atoms with van der Waals surface area (Å²) in [6, 6.07) is 0. The number of carbonyl (C=O) groups is 1. The second-order valence-electron chi connectivity index (χ2n) is 3.11. The highest BCUT2D eigenvalue weighted by atomic mass is 16.6. The van der Waals surface area contributed by atoms with Gasteiger partial charge in [-0.1, -0.05) is 13.8 Å². The zero-order valence-corrected chi connectivity index (χ0v) is 8.29. The second-order valence-corrected chi connectivity index (χ2v) is 3.11. The smallest absolute Gasteiger partial charge is 0.335 e. The van der Waals surface area contributed by atoms with Gasteiger partial charge in [-0.2, -0.15) is 0 Å². The lowest BCUT2D eigenvalue weighted by molar-refractivity contribution is -0.155. The number of methoxy groups -OCH3 is 1. The van der Waals surface area contributed by atoms with Gasteiger partial charge >= 0.3 is 5.97 Å². The van der Waals surface area contributed by atoms with Gasteiger partial charge in [-0.05, 0) is 19.3 Å². The predicted octanol–water partition coefficient (Wildman–Crippen LogP) is 1.61. The molecule has 0 aliphatic heterocycles. The van der Waals surface area contributed by atoms with Crippen LogP contribution in [0.25, 0.3) is 0 Å². The van der Waals surface area contributed by atoms with Gasteiger partial charge in [0.1, 0.15) is 0 Å². The molecule has 1 atom stereocenters. The first-order valence-electron chi connectivity index (χ1n) is 4.31. The van der Waals surface area contributed by atoms with E-state index in [2.05, 4.69) is 0 Å². The molecule has 3 nitrogen and oxygen atoms in total. The van der Waals surface area contributed by atoms with E-state index in [0.29, 0.717) is 12.5 Å². The Morgan fingerprint density at radius 3 is 2.33 bits per heavy atom. The lowest BCUT2D eigenvalue weighted by atomic mass is 10.1. The van der Waals surface area contributed by atoms with Crippen molar-refractivity contribution in [1.29, 1.82) is 0 Å². The minimum absolute atomic E-state index is 0.256. The lowest BCUT2D eigenvalue weighted by Gasteiger charge is -2.15. The summed E-state index contributed by atoms with van der Waals surface area (Å²) in [5.41, 5.74) is 0. The molecule has 0 amide bonds. The maximum atomic E-state index is 11.2. The van der Waals surface area contributed by atoms with Gasteiger partial charge < -0.3 is 9.47 Å². The summed E-state index contributed by atoms with van der Waals surface area (Å²) in [6.45, 7) is 6.30. The Hall–Kier alpha value is -0.570. The van der Waals surface area contributed by atoms with E-state index in [4.69, 9.17) is 9.47 Å². The fourth-order valence-corrected chi connectivity index (χ4v) is 0.952. The molecule has 0 aliphatic rings. The number of hydrogen-bond acceptors (Lipinski definition) is 3. The van der Waals surface area contributed by atoms with Crippen molar-refractivity contribution in [2.24, 2.45) is 5.92 Å². The molecule has 0 saturated carbocycles. The van der Waals surface area contributed by atoms with Crippen molar-refractivity contribution in [2.75, 3.05) is 13.7 Å². The lowest BCUT2D eigenvalue weighted by Crippen LogP contribution is -2.26.